The zero-order chi connectivity index (χ0) is 10.8. The van der Waals surface area contributed by atoms with Crippen molar-refractivity contribution in [3.8, 4) is 0 Å². The summed E-state index contributed by atoms with van der Waals surface area (Å²) in [5.74, 6) is 0. The first-order valence-corrected chi connectivity index (χ1v) is 5.28. The van der Waals surface area contributed by atoms with Crippen LogP contribution in [-0.2, 0) is 9.47 Å². The van der Waals surface area contributed by atoms with Crippen LogP contribution >= 0.6 is 0 Å². The molecule has 0 saturated carbocycles. The fourth-order valence-electron chi connectivity index (χ4n) is 0.978. The van der Waals surface area contributed by atoms with Gasteiger partial charge >= 0.3 is 0 Å². The molecular weight excluding hydrogens is 182 g/mol. The molecule has 0 heterocycles. The first kappa shape index (κ1) is 13.8. The molecule has 0 bridgehead atoms. The summed E-state index contributed by atoms with van der Waals surface area (Å²) in [6.45, 7) is 5.75. The van der Waals surface area contributed by atoms with Gasteiger partial charge in [-0.05, 0) is 13.3 Å². The third-order valence-corrected chi connectivity index (χ3v) is 1.97. The SMILES string of the molecule is CCCCOCCOC(CO)C(C)N. The van der Waals surface area contributed by atoms with E-state index in [1.54, 1.807) is 0 Å². The van der Waals surface area contributed by atoms with Crippen molar-refractivity contribution >= 4 is 0 Å². The predicted octanol–water partition coefficient (Wildman–Crippen LogP) is 0.528. The van der Waals surface area contributed by atoms with Gasteiger partial charge in [0.25, 0.3) is 0 Å². The van der Waals surface area contributed by atoms with Crippen molar-refractivity contribution in [3.05, 3.63) is 0 Å². The van der Waals surface area contributed by atoms with Crippen molar-refractivity contribution in [2.24, 2.45) is 5.73 Å². The van der Waals surface area contributed by atoms with Crippen molar-refractivity contribution < 1.29 is 14.6 Å². The third-order valence-electron chi connectivity index (χ3n) is 1.97. The third kappa shape index (κ3) is 7.26. The number of hydrogen-bond donors (Lipinski definition) is 2. The van der Waals surface area contributed by atoms with Gasteiger partial charge in [-0.15, -0.1) is 0 Å². The Morgan fingerprint density at radius 3 is 2.50 bits per heavy atom. The highest BCUT2D eigenvalue weighted by Crippen LogP contribution is 1.96. The van der Waals surface area contributed by atoms with Crippen molar-refractivity contribution in [2.45, 2.75) is 38.8 Å². The van der Waals surface area contributed by atoms with Crippen LogP contribution in [0.25, 0.3) is 0 Å². The summed E-state index contributed by atoms with van der Waals surface area (Å²) in [6.07, 6.45) is 1.95. The minimum Gasteiger partial charge on any atom is -0.394 e. The summed E-state index contributed by atoms with van der Waals surface area (Å²) in [5.41, 5.74) is 5.58. The molecule has 0 spiro atoms. The van der Waals surface area contributed by atoms with E-state index in [1.165, 1.54) is 0 Å². The molecule has 0 fully saturated rings. The van der Waals surface area contributed by atoms with Crippen LogP contribution in [0.4, 0.5) is 0 Å². The fourth-order valence-corrected chi connectivity index (χ4v) is 0.978. The van der Waals surface area contributed by atoms with Gasteiger partial charge in [0.15, 0.2) is 0 Å². The molecule has 0 saturated heterocycles. The van der Waals surface area contributed by atoms with Crippen molar-refractivity contribution in [1.29, 1.82) is 0 Å². The number of aliphatic hydroxyl groups is 1. The van der Waals surface area contributed by atoms with Crippen molar-refractivity contribution in [1.82, 2.24) is 0 Å². The highest BCUT2D eigenvalue weighted by atomic mass is 16.5. The second-order valence-corrected chi connectivity index (χ2v) is 3.42. The molecule has 0 aromatic carbocycles. The molecule has 0 aliphatic heterocycles. The largest absolute Gasteiger partial charge is 0.394 e. The molecule has 0 aromatic heterocycles. The minimum absolute atomic E-state index is 0.0351. The summed E-state index contributed by atoms with van der Waals surface area (Å²) in [4.78, 5) is 0. The van der Waals surface area contributed by atoms with E-state index in [0.717, 1.165) is 19.4 Å². The van der Waals surface area contributed by atoms with E-state index in [1.807, 2.05) is 6.92 Å². The maximum absolute atomic E-state index is 8.89. The normalized spacial score (nSPS) is 15.4. The van der Waals surface area contributed by atoms with Crippen molar-refractivity contribution in [2.75, 3.05) is 26.4 Å². The van der Waals surface area contributed by atoms with Gasteiger partial charge in [0, 0.05) is 12.6 Å². The zero-order valence-electron chi connectivity index (χ0n) is 9.24. The Balaban J connectivity index is 3.25. The summed E-state index contributed by atoms with van der Waals surface area (Å²) in [5, 5.41) is 8.89. The van der Waals surface area contributed by atoms with Gasteiger partial charge in [0.1, 0.15) is 0 Å². The highest BCUT2D eigenvalue weighted by molar-refractivity contribution is 4.66. The molecule has 0 amide bonds. The van der Waals surface area contributed by atoms with Crippen LogP contribution in [0.15, 0.2) is 0 Å². The molecular formula is C10H23NO3. The van der Waals surface area contributed by atoms with Gasteiger partial charge in [0.2, 0.25) is 0 Å². The number of unbranched alkanes of at least 4 members (excludes halogenated alkanes) is 1. The minimum atomic E-state index is -0.273. The average molecular weight is 205 g/mol. The Kier molecular flexibility index (Phi) is 9.29. The Morgan fingerprint density at radius 1 is 1.29 bits per heavy atom. The van der Waals surface area contributed by atoms with E-state index in [0.29, 0.717) is 13.2 Å². The number of hydrogen-bond acceptors (Lipinski definition) is 4. The molecule has 0 aliphatic carbocycles. The van der Waals surface area contributed by atoms with Crippen LogP contribution in [0, 0.1) is 0 Å². The summed E-state index contributed by atoms with van der Waals surface area (Å²) < 4.78 is 10.6. The van der Waals surface area contributed by atoms with E-state index in [-0.39, 0.29) is 18.8 Å². The maximum atomic E-state index is 8.89. The Bertz CT molecular complexity index is 120. The molecule has 4 nitrogen and oxygen atoms in total. The maximum Gasteiger partial charge on any atom is 0.0954 e. The molecule has 0 aromatic rings. The molecule has 0 rings (SSSR count). The monoisotopic (exact) mass is 205 g/mol. The lowest BCUT2D eigenvalue weighted by Crippen LogP contribution is -2.37. The van der Waals surface area contributed by atoms with Crippen LogP contribution in [0.5, 0.6) is 0 Å². The fraction of sp³-hybridized carbons (Fsp3) is 1.00. The summed E-state index contributed by atoms with van der Waals surface area (Å²) in [7, 11) is 0. The molecule has 4 heteroatoms. The number of rotatable bonds is 9. The first-order chi connectivity index (χ1) is 6.72. The predicted molar refractivity (Wildman–Crippen MR) is 56.2 cm³/mol. The second-order valence-electron chi connectivity index (χ2n) is 3.42. The van der Waals surface area contributed by atoms with E-state index in [9.17, 15) is 0 Å². The van der Waals surface area contributed by atoms with E-state index < -0.39 is 0 Å². The molecule has 86 valence electrons. The lowest BCUT2D eigenvalue weighted by atomic mass is 10.2. The Morgan fingerprint density at radius 2 is 2.00 bits per heavy atom. The standard InChI is InChI=1S/C10H23NO3/c1-3-4-5-13-6-7-14-10(8-12)9(2)11/h9-10,12H,3-8,11H2,1-2H3. The number of ether oxygens (including phenoxy) is 2. The van der Waals surface area contributed by atoms with Gasteiger partial charge in [-0.2, -0.15) is 0 Å². The molecule has 2 atom stereocenters. The molecule has 3 N–H and O–H groups in total. The quantitative estimate of drug-likeness (QED) is 0.539. The summed E-state index contributed by atoms with van der Waals surface area (Å²) >= 11 is 0. The van der Waals surface area contributed by atoms with Crippen LogP contribution in [0.1, 0.15) is 26.7 Å². The average Bonchev–Trinajstić information content (AvgIpc) is 2.16. The molecule has 2 unspecified atom stereocenters. The highest BCUT2D eigenvalue weighted by Gasteiger charge is 2.11. The van der Waals surface area contributed by atoms with Gasteiger partial charge in [-0.1, -0.05) is 13.3 Å². The zero-order valence-corrected chi connectivity index (χ0v) is 9.24. The van der Waals surface area contributed by atoms with Gasteiger partial charge in [-0.25, -0.2) is 0 Å². The number of nitrogens with two attached hydrogens (primary N) is 1. The lowest BCUT2D eigenvalue weighted by molar-refractivity contribution is -0.0277. The van der Waals surface area contributed by atoms with Crippen LogP contribution < -0.4 is 5.73 Å². The molecule has 0 aliphatic rings. The van der Waals surface area contributed by atoms with E-state index in [2.05, 4.69) is 6.92 Å². The van der Waals surface area contributed by atoms with E-state index in [4.69, 9.17) is 20.3 Å². The van der Waals surface area contributed by atoms with Gasteiger partial charge in [-0.3, -0.25) is 0 Å². The van der Waals surface area contributed by atoms with Gasteiger partial charge < -0.3 is 20.3 Å². The second kappa shape index (κ2) is 9.40. The van der Waals surface area contributed by atoms with Crippen LogP contribution in [0.3, 0.4) is 0 Å². The topological polar surface area (TPSA) is 64.7 Å². The van der Waals surface area contributed by atoms with Crippen LogP contribution in [-0.4, -0.2) is 43.7 Å². The molecule has 14 heavy (non-hydrogen) atoms. The Labute approximate surface area is 86.4 Å². The Hall–Kier alpha value is -0.160. The molecule has 0 radical (unpaired) electrons. The summed E-state index contributed by atoms with van der Waals surface area (Å²) in [6, 6.07) is -0.143. The van der Waals surface area contributed by atoms with Gasteiger partial charge in [0.05, 0.1) is 25.9 Å². The smallest absolute Gasteiger partial charge is 0.0954 e. The van der Waals surface area contributed by atoms with Crippen LogP contribution in [0.2, 0.25) is 0 Å². The first-order valence-electron chi connectivity index (χ1n) is 5.28. The number of aliphatic hydroxyl groups excluding tert-OH is 1. The van der Waals surface area contributed by atoms with Crippen molar-refractivity contribution in [3.63, 3.8) is 0 Å². The van der Waals surface area contributed by atoms with E-state index >= 15 is 0 Å². The lowest BCUT2D eigenvalue weighted by Gasteiger charge is -2.18.